The third-order valence-corrected chi connectivity index (χ3v) is 4.14. The molecule has 0 radical (unpaired) electrons. The molecule has 0 saturated heterocycles. The van der Waals surface area contributed by atoms with Crippen LogP contribution >= 0.6 is 28.1 Å². The van der Waals surface area contributed by atoms with Gasteiger partial charge in [0, 0.05) is 16.2 Å². The number of aromatic nitrogens is 1. The summed E-state index contributed by atoms with van der Waals surface area (Å²) in [5, 5.41) is 7.61. The molecule has 0 unspecified atom stereocenters. The van der Waals surface area contributed by atoms with Gasteiger partial charge in [0.15, 0.2) is 5.11 Å². The molecule has 0 bridgehead atoms. The molecule has 1 heterocycles. The van der Waals surface area contributed by atoms with Crippen molar-refractivity contribution in [3.05, 3.63) is 70.8 Å². The van der Waals surface area contributed by atoms with Gasteiger partial charge in [-0.25, -0.2) is 4.98 Å². The van der Waals surface area contributed by atoms with Crippen LogP contribution in [0.15, 0.2) is 65.3 Å². The fraction of sp³-hybridized carbons (Fsp3) is 0. The lowest BCUT2D eigenvalue weighted by molar-refractivity contribution is 0.0979. The van der Waals surface area contributed by atoms with Crippen molar-refractivity contribution in [2.75, 3.05) is 5.32 Å². The summed E-state index contributed by atoms with van der Waals surface area (Å²) in [6.45, 7) is 0. The molecule has 0 aliphatic carbocycles. The summed E-state index contributed by atoms with van der Waals surface area (Å²) >= 11 is 8.67. The first-order valence-electron chi connectivity index (χ1n) is 6.86. The number of rotatable bonds is 2. The van der Waals surface area contributed by atoms with Crippen LogP contribution in [0.3, 0.4) is 0 Å². The molecule has 4 nitrogen and oxygen atoms in total. The number of pyridine rings is 1. The summed E-state index contributed by atoms with van der Waals surface area (Å²) in [7, 11) is 0. The molecule has 0 aliphatic rings. The Hall–Kier alpha value is -2.31. The molecule has 23 heavy (non-hydrogen) atoms. The first kappa shape index (κ1) is 15.6. The molecule has 0 saturated carbocycles. The van der Waals surface area contributed by atoms with Gasteiger partial charge in [0.1, 0.15) is 5.82 Å². The van der Waals surface area contributed by atoms with Gasteiger partial charge < -0.3 is 5.32 Å². The molecule has 2 aromatic carbocycles. The molecule has 1 aromatic heterocycles. The van der Waals surface area contributed by atoms with Crippen LogP contribution in [0.1, 0.15) is 10.4 Å². The predicted octanol–water partition coefficient (Wildman–Crippen LogP) is 4.12. The predicted molar refractivity (Wildman–Crippen MR) is 99.6 cm³/mol. The number of benzene rings is 2. The SMILES string of the molecule is O=C(NC(=S)Nc1ccccn1)c1cccc2c(Br)cccc12. The summed E-state index contributed by atoms with van der Waals surface area (Å²) in [6.07, 6.45) is 1.65. The summed E-state index contributed by atoms with van der Waals surface area (Å²) in [5.41, 5.74) is 0.564. The van der Waals surface area contributed by atoms with Gasteiger partial charge in [-0.05, 0) is 47.3 Å². The Morgan fingerprint density at radius 2 is 1.78 bits per heavy atom. The number of carbonyl (C=O) groups is 1. The van der Waals surface area contributed by atoms with E-state index in [1.165, 1.54) is 0 Å². The number of fused-ring (bicyclic) bond motifs is 1. The van der Waals surface area contributed by atoms with Crippen molar-refractivity contribution in [2.45, 2.75) is 0 Å². The maximum Gasteiger partial charge on any atom is 0.258 e. The van der Waals surface area contributed by atoms with Gasteiger partial charge in [0.05, 0.1) is 0 Å². The fourth-order valence-corrected chi connectivity index (χ4v) is 2.92. The molecule has 0 atom stereocenters. The van der Waals surface area contributed by atoms with E-state index in [1.807, 2.05) is 36.4 Å². The maximum absolute atomic E-state index is 12.5. The van der Waals surface area contributed by atoms with Gasteiger partial charge in [0.2, 0.25) is 0 Å². The quantitative estimate of drug-likeness (QED) is 0.651. The highest BCUT2D eigenvalue weighted by atomic mass is 79.9. The van der Waals surface area contributed by atoms with E-state index in [4.69, 9.17) is 12.2 Å². The summed E-state index contributed by atoms with van der Waals surface area (Å²) in [5.74, 6) is 0.320. The Morgan fingerprint density at radius 1 is 1.00 bits per heavy atom. The molecule has 0 aliphatic heterocycles. The minimum atomic E-state index is -0.262. The average Bonchev–Trinajstić information content (AvgIpc) is 2.55. The van der Waals surface area contributed by atoms with Crippen molar-refractivity contribution in [3.8, 4) is 0 Å². The highest BCUT2D eigenvalue weighted by molar-refractivity contribution is 9.10. The monoisotopic (exact) mass is 385 g/mol. The number of halogens is 1. The van der Waals surface area contributed by atoms with E-state index < -0.39 is 0 Å². The molecule has 3 aromatic rings. The van der Waals surface area contributed by atoms with Crippen LogP contribution in [0.25, 0.3) is 10.8 Å². The van der Waals surface area contributed by atoms with Gasteiger partial charge in [-0.3, -0.25) is 10.1 Å². The number of hydrogen-bond donors (Lipinski definition) is 2. The van der Waals surface area contributed by atoms with Crippen molar-refractivity contribution in [1.29, 1.82) is 0 Å². The Labute approximate surface area is 147 Å². The van der Waals surface area contributed by atoms with Gasteiger partial charge >= 0.3 is 0 Å². The number of amides is 1. The number of nitrogens with one attached hydrogen (secondary N) is 2. The number of anilines is 1. The first-order valence-corrected chi connectivity index (χ1v) is 8.06. The van der Waals surface area contributed by atoms with Crippen LogP contribution in [0.5, 0.6) is 0 Å². The third kappa shape index (κ3) is 3.55. The van der Waals surface area contributed by atoms with Crippen molar-refractivity contribution in [1.82, 2.24) is 10.3 Å². The zero-order chi connectivity index (χ0) is 16.2. The molecular formula is C17H12BrN3OS. The maximum atomic E-state index is 12.5. The number of nitrogens with zero attached hydrogens (tertiary/aromatic N) is 1. The molecule has 3 rings (SSSR count). The minimum absolute atomic E-state index is 0.209. The summed E-state index contributed by atoms with van der Waals surface area (Å²) in [4.78, 5) is 16.6. The second-order valence-corrected chi connectivity index (χ2v) is 6.03. The van der Waals surface area contributed by atoms with Gasteiger partial charge in [-0.1, -0.05) is 46.3 Å². The Bertz CT molecular complexity index is 883. The summed E-state index contributed by atoms with van der Waals surface area (Å²) in [6, 6.07) is 16.7. The van der Waals surface area contributed by atoms with Gasteiger partial charge in [-0.2, -0.15) is 0 Å². The lowest BCUT2D eigenvalue weighted by Gasteiger charge is -2.11. The highest BCUT2D eigenvalue weighted by Gasteiger charge is 2.12. The van der Waals surface area contributed by atoms with E-state index in [0.29, 0.717) is 11.4 Å². The molecular weight excluding hydrogens is 374 g/mol. The zero-order valence-electron chi connectivity index (χ0n) is 11.9. The van der Waals surface area contributed by atoms with E-state index in [1.54, 1.807) is 24.4 Å². The molecule has 114 valence electrons. The largest absolute Gasteiger partial charge is 0.317 e. The molecule has 6 heteroatoms. The van der Waals surface area contributed by atoms with Crippen molar-refractivity contribution in [3.63, 3.8) is 0 Å². The Balaban J connectivity index is 1.81. The molecule has 2 N–H and O–H groups in total. The number of thiocarbonyl (C=S) groups is 1. The van der Waals surface area contributed by atoms with Crippen LogP contribution in [-0.2, 0) is 0 Å². The lowest BCUT2D eigenvalue weighted by Crippen LogP contribution is -2.34. The van der Waals surface area contributed by atoms with E-state index in [-0.39, 0.29) is 11.0 Å². The van der Waals surface area contributed by atoms with Gasteiger partial charge in [-0.15, -0.1) is 0 Å². The first-order chi connectivity index (χ1) is 11.1. The van der Waals surface area contributed by atoms with E-state index in [0.717, 1.165) is 15.2 Å². The Morgan fingerprint density at radius 3 is 2.57 bits per heavy atom. The number of carbonyl (C=O) groups excluding carboxylic acids is 1. The van der Waals surface area contributed by atoms with Crippen LogP contribution in [0, 0.1) is 0 Å². The molecule has 0 fully saturated rings. The zero-order valence-corrected chi connectivity index (χ0v) is 14.3. The van der Waals surface area contributed by atoms with Crippen molar-refractivity contribution < 1.29 is 4.79 Å². The normalized spacial score (nSPS) is 10.3. The van der Waals surface area contributed by atoms with Gasteiger partial charge in [0.25, 0.3) is 5.91 Å². The van der Waals surface area contributed by atoms with Crippen LogP contribution in [0.2, 0.25) is 0 Å². The van der Waals surface area contributed by atoms with E-state index >= 15 is 0 Å². The highest BCUT2D eigenvalue weighted by Crippen LogP contribution is 2.26. The standard InChI is InChI=1S/C17H12BrN3OS/c18-14-8-4-5-11-12(14)6-3-7-13(11)16(22)21-17(23)20-15-9-1-2-10-19-15/h1-10H,(H2,19,20,21,22,23). The van der Waals surface area contributed by atoms with Crippen LogP contribution in [0.4, 0.5) is 5.82 Å². The smallest absolute Gasteiger partial charge is 0.258 e. The topological polar surface area (TPSA) is 54.0 Å². The number of hydrogen-bond acceptors (Lipinski definition) is 3. The molecule has 0 spiro atoms. The molecule has 1 amide bonds. The Kier molecular flexibility index (Phi) is 4.64. The average molecular weight is 386 g/mol. The third-order valence-electron chi connectivity index (χ3n) is 3.25. The van der Waals surface area contributed by atoms with Crippen molar-refractivity contribution in [2.24, 2.45) is 0 Å². The van der Waals surface area contributed by atoms with Crippen molar-refractivity contribution >= 4 is 55.8 Å². The lowest BCUT2D eigenvalue weighted by atomic mass is 10.0. The second-order valence-electron chi connectivity index (χ2n) is 4.76. The second kappa shape index (κ2) is 6.85. The minimum Gasteiger partial charge on any atom is -0.317 e. The van der Waals surface area contributed by atoms with Crippen LogP contribution in [-0.4, -0.2) is 16.0 Å². The van der Waals surface area contributed by atoms with E-state index in [2.05, 4.69) is 31.5 Å². The van der Waals surface area contributed by atoms with Crippen LogP contribution < -0.4 is 10.6 Å². The van der Waals surface area contributed by atoms with E-state index in [9.17, 15) is 4.79 Å². The summed E-state index contributed by atoms with van der Waals surface area (Å²) < 4.78 is 0.943. The fourth-order valence-electron chi connectivity index (χ4n) is 2.22.